The first kappa shape index (κ1) is 77.8. The number of ether oxygens (including phenoxy) is 3. The summed E-state index contributed by atoms with van der Waals surface area (Å²) in [4.78, 5) is 38.2. The van der Waals surface area contributed by atoms with Gasteiger partial charge in [-0.2, -0.15) is 0 Å². The summed E-state index contributed by atoms with van der Waals surface area (Å²) in [5.74, 6) is -1.17. The van der Waals surface area contributed by atoms with Crippen LogP contribution in [0.2, 0.25) is 0 Å². The predicted molar refractivity (Wildman–Crippen MR) is 361 cm³/mol. The molecule has 0 fully saturated rings. The first-order valence-electron chi connectivity index (χ1n) is 33.6. The molecule has 1 unspecified atom stereocenters. The molecule has 0 aromatic rings. The van der Waals surface area contributed by atoms with Crippen LogP contribution in [0.1, 0.15) is 278 Å². The van der Waals surface area contributed by atoms with Gasteiger partial charge in [0.25, 0.3) is 0 Å². The van der Waals surface area contributed by atoms with Gasteiger partial charge in [-0.25, -0.2) is 0 Å². The Kier molecular flexibility index (Phi) is 64.9. The Morgan fingerprint density at radius 3 is 0.892 bits per heavy atom. The molecule has 466 valence electrons. The number of allylic oxidation sites excluding steroid dienone is 27. The van der Waals surface area contributed by atoms with Crippen LogP contribution in [-0.4, -0.2) is 37.2 Å². The lowest BCUT2D eigenvalue weighted by Crippen LogP contribution is -2.30. The van der Waals surface area contributed by atoms with E-state index in [1.165, 1.54) is 128 Å². The second-order valence-electron chi connectivity index (χ2n) is 21.6. The molecule has 0 bridgehead atoms. The van der Waals surface area contributed by atoms with Gasteiger partial charge in [-0.3, -0.25) is 14.4 Å². The lowest BCUT2D eigenvalue weighted by atomic mass is 10.0. The zero-order chi connectivity index (χ0) is 59.9. The van der Waals surface area contributed by atoms with Gasteiger partial charge >= 0.3 is 17.9 Å². The number of hydrogen-bond acceptors (Lipinski definition) is 6. The average molecular weight is 1140 g/mol. The first-order valence-corrected chi connectivity index (χ1v) is 33.6. The molecule has 0 saturated carbocycles. The van der Waals surface area contributed by atoms with Crippen molar-refractivity contribution in [2.24, 2.45) is 0 Å². The van der Waals surface area contributed by atoms with E-state index in [0.29, 0.717) is 12.8 Å². The van der Waals surface area contributed by atoms with Crippen molar-refractivity contribution in [3.8, 4) is 0 Å². The van der Waals surface area contributed by atoms with Crippen molar-refractivity contribution in [1.82, 2.24) is 0 Å². The Morgan fingerprint density at radius 2 is 0.542 bits per heavy atom. The van der Waals surface area contributed by atoms with E-state index in [1.807, 2.05) is 18.2 Å². The lowest BCUT2D eigenvalue weighted by Gasteiger charge is -2.18. The number of esters is 3. The molecule has 0 heterocycles. The van der Waals surface area contributed by atoms with E-state index in [2.05, 4.69) is 167 Å². The molecule has 0 spiro atoms. The predicted octanol–water partition coefficient (Wildman–Crippen LogP) is 23.4. The zero-order valence-corrected chi connectivity index (χ0v) is 53.4. The van der Waals surface area contributed by atoms with Crippen LogP contribution in [0.25, 0.3) is 0 Å². The molecule has 1 atom stereocenters. The van der Waals surface area contributed by atoms with E-state index in [4.69, 9.17) is 14.2 Å². The highest BCUT2D eigenvalue weighted by Crippen LogP contribution is 2.16. The molecule has 0 saturated heterocycles. The van der Waals surface area contributed by atoms with Crippen molar-refractivity contribution in [3.05, 3.63) is 170 Å². The van der Waals surface area contributed by atoms with Crippen LogP contribution in [0, 0.1) is 0 Å². The van der Waals surface area contributed by atoms with Gasteiger partial charge in [0.15, 0.2) is 6.10 Å². The smallest absolute Gasteiger partial charge is 0.309 e. The van der Waals surface area contributed by atoms with Gasteiger partial charge in [0.2, 0.25) is 0 Å². The van der Waals surface area contributed by atoms with Crippen LogP contribution in [0.15, 0.2) is 170 Å². The lowest BCUT2D eigenvalue weighted by molar-refractivity contribution is -0.166. The highest BCUT2D eigenvalue weighted by Gasteiger charge is 2.19. The summed E-state index contributed by atoms with van der Waals surface area (Å²) in [7, 11) is 0. The summed E-state index contributed by atoms with van der Waals surface area (Å²) in [5, 5.41) is 0. The number of carbonyl (C=O) groups is 3. The first-order chi connectivity index (χ1) is 41.0. The second kappa shape index (κ2) is 69.3. The molecule has 0 aliphatic carbocycles. The van der Waals surface area contributed by atoms with Gasteiger partial charge in [-0.05, 0) is 122 Å². The minimum absolute atomic E-state index is 0.104. The van der Waals surface area contributed by atoms with Crippen molar-refractivity contribution in [2.75, 3.05) is 13.2 Å². The van der Waals surface area contributed by atoms with E-state index in [-0.39, 0.29) is 32.0 Å². The van der Waals surface area contributed by atoms with Crippen LogP contribution >= 0.6 is 0 Å². The third-order valence-corrected chi connectivity index (χ3v) is 13.7. The number of hydrogen-bond donors (Lipinski definition) is 0. The molecule has 6 heteroatoms. The second-order valence-corrected chi connectivity index (χ2v) is 21.6. The fourth-order valence-corrected chi connectivity index (χ4v) is 8.78. The fourth-order valence-electron chi connectivity index (χ4n) is 8.78. The molecule has 0 N–H and O–H groups in total. The van der Waals surface area contributed by atoms with Crippen LogP contribution in [-0.2, 0) is 28.6 Å². The van der Waals surface area contributed by atoms with Gasteiger partial charge in [0.05, 0.1) is 6.42 Å². The maximum atomic E-state index is 12.9. The van der Waals surface area contributed by atoms with E-state index in [0.717, 1.165) is 103 Å². The maximum Gasteiger partial charge on any atom is 0.309 e. The van der Waals surface area contributed by atoms with Crippen molar-refractivity contribution >= 4 is 17.9 Å². The Morgan fingerprint density at radius 1 is 0.265 bits per heavy atom. The summed E-state index contributed by atoms with van der Waals surface area (Å²) >= 11 is 0. The quantitative estimate of drug-likeness (QED) is 0.0261. The largest absolute Gasteiger partial charge is 0.462 e. The molecule has 0 rings (SSSR count). The van der Waals surface area contributed by atoms with Crippen LogP contribution in [0.4, 0.5) is 0 Å². The van der Waals surface area contributed by atoms with E-state index in [1.54, 1.807) is 6.08 Å². The van der Waals surface area contributed by atoms with Gasteiger partial charge in [0.1, 0.15) is 13.2 Å². The maximum absolute atomic E-state index is 12.9. The standard InChI is InChI=1S/C77H122O6/c1-4-7-10-13-16-19-22-25-28-30-32-33-34-35-36-37-38-39-40-41-42-43-45-46-49-52-55-58-61-64-67-70-76(79)82-73-74(72-81-75(78)69-66-63-60-57-54-51-48-27-24-21-18-15-12-9-6-3)83-77(80)71-68-65-62-59-56-53-50-47-44-31-29-26-23-20-17-14-11-8-5-2/h8-9,11-12,17-18,20-22,25-27,29-30,32,34-35,44,47-48,53-54,56-57,62-63,65-66,74H,4-7,10,13-16,19,23-24,28,31,33,36-43,45-46,49-52,55,58-61,64,67-73H2,1-3H3/b11-8-,12-9-,20-17-,21-18-,25-22-,29-26-,32-30-,35-34-,47-44-,48-27-,56-53-,57-54-,65-62-,66-63-. The summed E-state index contributed by atoms with van der Waals surface area (Å²) in [6.45, 7) is 6.25. The van der Waals surface area contributed by atoms with Crippen LogP contribution in [0.3, 0.4) is 0 Å². The van der Waals surface area contributed by atoms with Gasteiger partial charge in [0, 0.05) is 12.8 Å². The highest BCUT2D eigenvalue weighted by molar-refractivity contribution is 5.72. The van der Waals surface area contributed by atoms with Gasteiger partial charge in [-0.1, -0.05) is 306 Å². The minimum atomic E-state index is -0.868. The molecular weight excluding hydrogens is 1020 g/mol. The monoisotopic (exact) mass is 1140 g/mol. The van der Waals surface area contributed by atoms with Gasteiger partial charge < -0.3 is 14.2 Å². The summed E-state index contributed by atoms with van der Waals surface area (Å²) in [6, 6.07) is 0. The Bertz CT molecular complexity index is 1890. The van der Waals surface area contributed by atoms with Crippen LogP contribution in [0.5, 0.6) is 0 Å². The number of unbranched alkanes of at least 4 members (excludes halogenated alkanes) is 21. The van der Waals surface area contributed by atoms with E-state index < -0.39 is 18.0 Å². The highest BCUT2D eigenvalue weighted by atomic mass is 16.6. The Balaban J connectivity index is 4.41. The van der Waals surface area contributed by atoms with Crippen molar-refractivity contribution in [1.29, 1.82) is 0 Å². The van der Waals surface area contributed by atoms with Crippen molar-refractivity contribution in [2.45, 2.75) is 284 Å². The zero-order valence-electron chi connectivity index (χ0n) is 53.4. The molecule has 0 radical (unpaired) electrons. The topological polar surface area (TPSA) is 78.9 Å². The normalized spacial score (nSPS) is 13.2. The van der Waals surface area contributed by atoms with Gasteiger partial charge in [-0.15, -0.1) is 0 Å². The van der Waals surface area contributed by atoms with Crippen LogP contribution < -0.4 is 0 Å². The number of carbonyl (C=O) groups excluding carboxylic acids is 3. The SMILES string of the molecule is CC/C=C\C/C=C\C/C=C\C/C=C\C/C=C\C/C=C\CCC(=O)OC(COC(=O)C/C=C\C/C=C\C/C=C\C/C=C\C/C=C\CC)COC(=O)CCCCCCCCCCCCCCCCCC/C=C\C/C=C\C/C=C\CCCCCCC. The van der Waals surface area contributed by atoms with Crippen molar-refractivity contribution < 1.29 is 28.6 Å². The molecule has 6 nitrogen and oxygen atoms in total. The molecular formula is C77H122O6. The molecule has 0 aliphatic heterocycles. The molecule has 0 amide bonds. The third-order valence-electron chi connectivity index (χ3n) is 13.7. The summed E-state index contributed by atoms with van der Waals surface area (Å²) in [5.41, 5.74) is 0. The molecule has 83 heavy (non-hydrogen) atoms. The molecule has 0 aliphatic rings. The Hall–Kier alpha value is -5.23. The Labute approximate surface area is 511 Å². The third kappa shape index (κ3) is 67.4. The average Bonchev–Trinajstić information content (AvgIpc) is 3.49. The fraction of sp³-hybridized carbons (Fsp3) is 0.597. The summed E-state index contributed by atoms with van der Waals surface area (Å²) < 4.78 is 16.7. The molecule has 0 aromatic heterocycles. The minimum Gasteiger partial charge on any atom is -0.462 e. The summed E-state index contributed by atoms with van der Waals surface area (Å²) in [6.07, 6.45) is 103. The number of rotatable bonds is 59. The molecule has 0 aromatic carbocycles. The van der Waals surface area contributed by atoms with Crippen molar-refractivity contribution in [3.63, 3.8) is 0 Å². The van der Waals surface area contributed by atoms with E-state index >= 15 is 0 Å². The van der Waals surface area contributed by atoms with E-state index in [9.17, 15) is 14.4 Å².